The Morgan fingerprint density at radius 1 is 1.43 bits per heavy atom. The smallest absolute Gasteiger partial charge is 0.239 e. The number of nitrogens with two attached hydrogens (primary N) is 1. The normalized spacial score (nSPS) is 12.5. The van der Waals surface area contributed by atoms with Gasteiger partial charge in [-0.15, -0.1) is 5.10 Å². The van der Waals surface area contributed by atoms with Crippen LogP contribution in [0, 0.1) is 6.92 Å². The third-order valence-electron chi connectivity index (χ3n) is 3.93. The Morgan fingerprint density at radius 2 is 2.22 bits per heavy atom. The van der Waals surface area contributed by atoms with Gasteiger partial charge in [0.2, 0.25) is 5.91 Å². The maximum Gasteiger partial charge on any atom is 0.239 e. The highest BCUT2D eigenvalue weighted by atomic mass is 32.1. The number of nitrogens with zero attached hydrogens (tertiary/aromatic N) is 3. The molecule has 2 heterocycles. The maximum atomic E-state index is 12.5. The molecule has 2 aromatic heterocycles. The van der Waals surface area contributed by atoms with Crippen LogP contribution in [0.25, 0.3) is 10.9 Å². The van der Waals surface area contributed by atoms with Crippen molar-refractivity contribution in [2.24, 2.45) is 5.73 Å². The Kier molecular flexibility index (Phi) is 4.40. The summed E-state index contributed by atoms with van der Waals surface area (Å²) >= 11 is 1.31. The molecule has 3 aromatic rings. The lowest BCUT2D eigenvalue weighted by molar-refractivity contribution is -0.131. The highest BCUT2D eigenvalue weighted by molar-refractivity contribution is 7.05. The molecule has 3 rings (SSSR count). The summed E-state index contributed by atoms with van der Waals surface area (Å²) in [6, 6.07) is 7.44. The lowest BCUT2D eigenvalue weighted by Crippen LogP contribution is -2.42. The summed E-state index contributed by atoms with van der Waals surface area (Å²) in [5.74, 6) is -0.0805. The van der Waals surface area contributed by atoms with Crippen LogP contribution < -0.4 is 5.73 Å². The van der Waals surface area contributed by atoms with Crippen LogP contribution in [0.2, 0.25) is 0 Å². The number of H-pyrrole nitrogens is 1. The molecule has 1 atom stereocenters. The number of rotatable bonds is 5. The molecule has 0 saturated carbocycles. The van der Waals surface area contributed by atoms with E-state index in [-0.39, 0.29) is 5.91 Å². The molecule has 0 unspecified atom stereocenters. The first-order chi connectivity index (χ1) is 11.1. The molecule has 0 radical (unpaired) electrons. The van der Waals surface area contributed by atoms with Crippen LogP contribution in [0.4, 0.5) is 0 Å². The third-order valence-corrected chi connectivity index (χ3v) is 4.74. The van der Waals surface area contributed by atoms with Crippen LogP contribution >= 0.6 is 11.5 Å². The van der Waals surface area contributed by atoms with Gasteiger partial charge in [0.05, 0.1) is 23.2 Å². The first-order valence-electron chi connectivity index (χ1n) is 7.39. The highest BCUT2D eigenvalue weighted by Gasteiger charge is 2.21. The van der Waals surface area contributed by atoms with E-state index in [1.165, 1.54) is 11.5 Å². The molecule has 6 nitrogen and oxygen atoms in total. The van der Waals surface area contributed by atoms with Gasteiger partial charge in [-0.2, -0.15) is 0 Å². The summed E-state index contributed by atoms with van der Waals surface area (Å²) in [7, 11) is 1.76. The molecule has 0 spiro atoms. The average molecular weight is 329 g/mol. The maximum absolute atomic E-state index is 12.5. The quantitative estimate of drug-likeness (QED) is 0.748. The molecule has 120 valence electrons. The minimum absolute atomic E-state index is 0.0805. The number of carbonyl (C=O) groups excluding carboxylic acids is 1. The lowest BCUT2D eigenvalue weighted by atomic mass is 10.0. The minimum atomic E-state index is -0.569. The van der Waals surface area contributed by atoms with E-state index in [0.29, 0.717) is 13.0 Å². The SMILES string of the molecule is Cc1nnsc1CN(C)C(=O)[C@H](N)Cc1c[nH]c2ccccc12. The molecule has 0 aliphatic heterocycles. The van der Waals surface area contributed by atoms with Gasteiger partial charge in [0, 0.05) is 24.1 Å². The first kappa shape index (κ1) is 15.6. The van der Waals surface area contributed by atoms with Gasteiger partial charge in [-0.25, -0.2) is 0 Å². The predicted molar refractivity (Wildman–Crippen MR) is 91.1 cm³/mol. The zero-order valence-electron chi connectivity index (χ0n) is 13.1. The first-order valence-corrected chi connectivity index (χ1v) is 8.17. The Morgan fingerprint density at radius 3 is 2.96 bits per heavy atom. The van der Waals surface area contributed by atoms with Gasteiger partial charge in [0.25, 0.3) is 0 Å². The van der Waals surface area contributed by atoms with Crippen LogP contribution in [0.1, 0.15) is 16.1 Å². The number of amides is 1. The van der Waals surface area contributed by atoms with Gasteiger partial charge in [-0.05, 0) is 36.5 Å². The summed E-state index contributed by atoms with van der Waals surface area (Å²) < 4.78 is 3.89. The molecule has 0 aliphatic rings. The monoisotopic (exact) mass is 329 g/mol. The summed E-state index contributed by atoms with van der Waals surface area (Å²) in [4.78, 5) is 18.3. The summed E-state index contributed by atoms with van der Waals surface area (Å²) in [5, 5.41) is 5.08. The van der Waals surface area contributed by atoms with Crippen molar-refractivity contribution in [3.05, 3.63) is 46.6 Å². The molecule has 7 heteroatoms. The van der Waals surface area contributed by atoms with Crippen molar-refractivity contribution in [1.29, 1.82) is 0 Å². The number of aromatic nitrogens is 3. The second-order valence-corrected chi connectivity index (χ2v) is 6.48. The topological polar surface area (TPSA) is 87.9 Å². The number of benzene rings is 1. The van der Waals surface area contributed by atoms with E-state index in [1.54, 1.807) is 11.9 Å². The number of hydrogen-bond donors (Lipinski definition) is 2. The largest absolute Gasteiger partial charge is 0.361 e. The summed E-state index contributed by atoms with van der Waals surface area (Å²) in [5.41, 5.74) is 9.11. The molecule has 0 bridgehead atoms. The molecule has 1 aromatic carbocycles. The van der Waals surface area contributed by atoms with Gasteiger partial charge < -0.3 is 15.6 Å². The Bertz CT molecular complexity index is 825. The fraction of sp³-hybridized carbons (Fsp3) is 0.312. The van der Waals surface area contributed by atoms with E-state index in [1.807, 2.05) is 37.4 Å². The number of para-hydroxylation sites is 1. The number of likely N-dealkylation sites (N-methyl/N-ethyl adjacent to an activating group) is 1. The number of carbonyl (C=O) groups is 1. The molecule has 23 heavy (non-hydrogen) atoms. The van der Waals surface area contributed by atoms with E-state index in [9.17, 15) is 4.79 Å². The molecular formula is C16H19N5OS. The second kappa shape index (κ2) is 6.47. The number of hydrogen-bond acceptors (Lipinski definition) is 5. The number of nitrogens with one attached hydrogen (secondary N) is 1. The van der Waals surface area contributed by atoms with Gasteiger partial charge >= 0.3 is 0 Å². The van der Waals surface area contributed by atoms with Crippen molar-refractivity contribution in [3.63, 3.8) is 0 Å². The molecule has 0 aliphatic carbocycles. The van der Waals surface area contributed by atoms with E-state index < -0.39 is 6.04 Å². The molecule has 1 amide bonds. The van der Waals surface area contributed by atoms with Crippen molar-refractivity contribution in [1.82, 2.24) is 19.5 Å². The number of fused-ring (bicyclic) bond motifs is 1. The van der Waals surface area contributed by atoms with Gasteiger partial charge in [-0.3, -0.25) is 4.79 Å². The van der Waals surface area contributed by atoms with Crippen molar-refractivity contribution in [2.75, 3.05) is 7.05 Å². The van der Waals surface area contributed by atoms with E-state index in [2.05, 4.69) is 14.6 Å². The average Bonchev–Trinajstić information content (AvgIpc) is 3.14. The fourth-order valence-electron chi connectivity index (χ4n) is 2.60. The van der Waals surface area contributed by atoms with E-state index in [0.717, 1.165) is 27.0 Å². The molecule has 3 N–H and O–H groups in total. The van der Waals surface area contributed by atoms with Crippen LogP contribution in [-0.2, 0) is 17.8 Å². The minimum Gasteiger partial charge on any atom is -0.361 e. The third kappa shape index (κ3) is 3.25. The van der Waals surface area contributed by atoms with Gasteiger partial charge in [0.15, 0.2) is 0 Å². The Balaban J connectivity index is 1.68. The zero-order chi connectivity index (χ0) is 16.4. The fourth-order valence-corrected chi connectivity index (χ4v) is 3.28. The van der Waals surface area contributed by atoms with Crippen molar-refractivity contribution >= 4 is 28.3 Å². The number of aryl methyl sites for hydroxylation is 1. The van der Waals surface area contributed by atoms with Crippen molar-refractivity contribution < 1.29 is 4.79 Å². The van der Waals surface area contributed by atoms with Crippen LogP contribution in [0.15, 0.2) is 30.5 Å². The molecule has 0 fully saturated rings. The lowest BCUT2D eigenvalue weighted by Gasteiger charge is -2.20. The van der Waals surface area contributed by atoms with Crippen LogP contribution in [0.5, 0.6) is 0 Å². The number of aromatic amines is 1. The highest BCUT2D eigenvalue weighted by Crippen LogP contribution is 2.19. The van der Waals surface area contributed by atoms with Crippen molar-refractivity contribution in [3.8, 4) is 0 Å². The molecular weight excluding hydrogens is 310 g/mol. The zero-order valence-corrected chi connectivity index (χ0v) is 13.9. The summed E-state index contributed by atoms with van der Waals surface area (Å²) in [6.07, 6.45) is 2.43. The van der Waals surface area contributed by atoms with Crippen LogP contribution in [-0.4, -0.2) is 38.5 Å². The predicted octanol–water partition coefficient (Wildman–Crippen LogP) is 1.86. The molecule has 0 saturated heterocycles. The van der Waals surface area contributed by atoms with Gasteiger partial charge in [0.1, 0.15) is 0 Å². The van der Waals surface area contributed by atoms with E-state index >= 15 is 0 Å². The summed E-state index contributed by atoms with van der Waals surface area (Å²) in [6.45, 7) is 2.38. The second-order valence-electron chi connectivity index (χ2n) is 5.65. The Hall–Kier alpha value is -2.25. The van der Waals surface area contributed by atoms with Crippen molar-refractivity contribution in [2.45, 2.75) is 25.9 Å². The van der Waals surface area contributed by atoms with Gasteiger partial charge in [-0.1, -0.05) is 22.7 Å². The van der Waals surface area contributed by atoms with E-state index in [4.69, 9.17) is 5.73 Å². The van der Waals surface area contributed by atoms with Crippen LogP contribution in [0.3, 0.4) is 0 Å². The standard InChI is InChI=1S/C16H19N5OS/c1-10-15(23-20-19-10)9-21(2)16(22)13(17)7-11-8-18-14-6-4-3-5-12(11)14/h3-6,8,13,18H,7,9,17H2,1-2H3/t13-/m1/s1. The Labute approximate surface area is 138 Å².